The maximum absolute atomic E-state index is 13.2. The first kappa shape index (κ1) is 36.7. The SMILES string of the molecule is NCCCC[C@H](NC(=O)CNC(=O)[C@H](Cc1c[nH]c2ccccc12)NC(=O)CNC(=O)[C@H](CCCCN)NC(=O)CN)C(=O)O. The minimum Gasteiger partial charge on any atom is -0.480 e. The number of carboxylic acid groups (broad SMARTS) is 1. The number of para-hydroxylation sites is 1. The lowest BCUT2D eigenvalue weighted by Crippen LogP contribution is -2.54. The van der Waals surface area contributed by atoms with Crippen LogP contribution in [0.5, 0.6) is 0 Å². The molecule has 1 heterocycles. The average Bonchev–Trinajstić information content (AvgIpc) is 3.43. The van der Waals surface area contributed by atoms with Gasteiger partial charge in [-0.1, -0.05) is 18.2 Å². The minimum atomic E-state index is -1.21. The molecule has 248 valence electrons. The number of nitrogens with one attached hydrogen (secondary N) is 6. The van der Waals surface area contributed by atoms with Crippen molar-refractivity contribution < 1.29 is 33.9 Å². The fourth-order valence-corrected chi connectivity index (χ4v) is 4.57. The molecule has 16 nitrogen and oxygen atoms in total. The Morgan fingerprint density at radius 1 is 0.711 bits per heavy atom. The first-order valence-corrected chi connectivity index (χ1v) is 14.9. The number of benzene rings is 1. The van der Waals surface area contributed by atoms with E-state index in [-0.39, 0.29) is 19.4 Å². The summed E-state index contributed by atoms with van der Waals surface area (Å²) in [5.74, 6) is -4.44. The number of rotatable bonds is 21. The third-order valence-corrected chi connectivity index (χ3v) is 6.96. The van der Waals surface area contributed by atoms with Gasteiger partial charge in [0.15, 0.2) is 0 Å². The monoisotopic (exact) mass is 631 g/mol. The summed E-state index contributed by atoms with van der Waals surface area (Å²) in [7, 11) is 0. The highest BCUT2D eigenvalue weighted by Crippen LogP contribution is 2.19. The third kappa shape index (κ3) is 12.9. The number of carboxylic acids is 1. The van der Waals surface area contributed by atoms with Crippen molar-refractivity contribution in [1.82, 2.24) is 31.6 Å². The Balaban J connectivity index is 2.08. The molecule has 0 aliphatic heterocycles. The molecular formula is C29H45N9O7. The lowest BCUT2D eigenvalue weighted by molar-refractivity contribution is -0.142. The van der Waals surface area contributed by atoms with Crippen LogP contribution in [0.3, 0.4) is 0 Å². The van der Waals surface area contributed by atoms with E-state index >= 15 is 0 Å². The van der Waals surface area contributed by atoms with Crippen molar-refractivity contribution in [1.29, 1.82) is 0 Å². The van der Waals surface area contributed by atoms with E-state index in [4.69, 9.17) is 17.2 Å². The lowest BCUT2D eigenvalue weighted by Gasteiger charge is -2.21. The van der Waals surface area contributed by atoms with Crippen molar-refractivity contribution in [2.24, 2.45) is 17.2 Å². The van der Waals surface area contributed by atoms with Crippen molar-refractivity contribution in [3.63, 3.8) is 0 Å². The molecule has 0 spiro atoms. The second-order valence-electron chi connectivity index (χ2n) is 10.5. The fraction of sp³-hybridized carbons (Fsp3) is 0.517. The van der Waals surface area contributed by atoms with E-state index in [2.05, 4.69) is 31.6 Å². The van der Waals surface area contributed by atoms with E-state index < -0.39 is 66.7 Å². The van der Waals surface area contributed by atoms with Gasteiger partial charge in [-0.2, -0.15) is 0 Å². The number of hydrogen-bond donors (Lipinski definition) is 10. The number of H-pyrrole nitrogens is 1. The highest BCUT2D eigenvalue weighted by Gasteiger charge is 2.26. The molecule has 3 atom stereocenters. The van der Waals surface area contributed by atoms with Crippen LogP contribution in [-0.2, 0) is 35.2 Å². The van der Waals surface area contributed by atoms with E-state index in [0.29, 0.717) is 45.2 Å². The molecule has 0 saturated heterocycles. The van der Waals surface area contributed by atoms with Gasteiger partial charge in [0.1, 0.15) is 18.1 Å². The third-order valence-electron chi connectivity index (χ3n) is 6.96. The standard InChI is InChI=1S/C29H45N9O7/c30-11-5-3-9-21(36-24(39)14-32)27(42)34-17-26(41)38-23(13-18-15-33-20-8-2-1-7-19(18)20)28(43)35-16-25(40)37-22(29(44)45)10-4-6-12-31/h1-2,7-8,15,21-23,33H,3-6,9-14,16-17,30-32H2,(H,34,42)(H,35,43)(H,36,39)(H,37,40)(H,38,41)(H,44,45)/t21-,22-,23-/m0/s1. The zero-order valence-corrected chi connectivity index (χ0v) is 25.2. The molecule has 16 heteroatoms. The second kappa shape index (κ2) is 19.7. The molecule has 0 saturated carbocycles. The predicted octanol–water partition coefficient (Wildman–Crippen LogP) is -2.30. The molecule has 0 unspecified atom stereocenters. The van der Waals surface area contributed by atoms with Crippen molar-refractivity contribution in [3.05, 3.63) is 36.0 Å². The van der Waals surface area contributed by atoms with E-state index in [1.165, 1.54) is 0 Å². The second-order valence-corrected chi connectivity index (χ2v) is 10.5. The van der Waals surface area contributed by atoms with Gasteiger partial charge in [0.2, 0.25) is 29.5 Å². The van der Waals surface area contributed by atoms with Gasteiger partial charge >= 0.3 is 5.97 Å². The molecule has 0 bridgehead atoms. The summed E-state index contributed by atoms with van der Waals surface area (Å²) in [4.78, 5) is 77.8. The Kier molecular flexibility index (Phi) is 16.0. The number of nitrogens with two attached hydrogens (primary N) is 3. The number of unbranched alkanes of at least 4 members (excludes halogenated alkanes) is 2. The topological polar surface area (TPSA) is 277 Å². The zero-order chi connectivity index (χ0) is 33.2. The Labute approximate surface area is 261 Å². The molecule has 5 amide bonds. The van der Waals surface area contributed by atoms with Crippen LogP contribution in [0.25, 0.3) is 10.9 Å². The molecule has 2 rings (SSSR count). The molecule has 1 aromatic heterocycles. The highest BCUT2D eigenvalue weighted by molar-refractivity contribution is 5.94. The van der Waals surface area contributed by atoms with Gasteiger partial charge in [-0.15, -0.1) is 0 Å². The summed E-state index contributed by atoms with van der Waals surface area (Å²) in [6.07, 6.45) is 4.52. The van der Waals surface area contributed by atoms with Gasteiger partial charge < -0.3 is 53.9 Å². The Bertz CT molecular complexity index is 1300. The molecule has 0 fully saturated rings. The summed E-state index contributed by atoms with van der Waals surface area (Å²) < 4.78 is 0. The van der Waals surface area contributed by atoms with Gasteiger partial charge in [0.25, 0.3) is 0 Å². The van der Waals surface area contributed by atoms with Crippen molar-refractivity contribution in [3.8, 4) is 0 Å². The van der Waals surface area contributed by atoms with Crippen LogP contribution in [-0.4, -0.2) is 96.4 Å². The van der Waals surface area contributed by atoms with E-state index in [1.54, 1.807) is 6.20 Å². The summed E-state index contributed by atoms with van der Waals surface area (Å²) in [6.45, 7) is -0.523. The number of aromatic amines is 1. The van der Waals surface area contributed by atoms with Crippen LogP contribution < -0.4 is 43.8 Å². The number of fused-ring (bicyclic) bond motifs is 1. The largest absolute Gasteiger partial charge is 0.480 e. The highest BCUT2D eigenvalue weighted by atomic mass is 16.4. The number of carbonyl (C=O) groups excluding carboxylic acids is 5. The minimum absolute atomic E-state index is 0.0439. The van der Waals surface area contributed by atoms with Gasteiger partial charge in [0.05, 0.1) is 19.6 Å². The van der Waals surface area contributed by atoms with Crippen LogP contribution in [0.1, 0.15) is 44.1 Å². The van der Waals surface area contributed by atoms with Gasteiger partial charge in [-0.3, -0.25) is 24.0 Å². The smallest absolute Gasteiger partial charge is 0.326 e. The summed E-state index contributed by atoms with van der Waals surface area (Å²) >= 11 is 0. The molecule has 45 heavy (non-hydrogen) atoms. The van der Waals surface area contributed by atoms with Crippen LogP contribution in [0.4, 0.5) is 0 Å². The molecule has 0 aliphatic rings. The van der Waals surface area contributed by atoms with Gasteiger partial charge in [0, 0.05) is 23.5 Å². The number of aromatic nitrogens is 1. The summed E-state index contributed by atoms with van der Waals surface area (Å²) in [5, 5.41) is 22.7. The van der Waals surface area contributed by atoms with Crippen LogP contribution in [0.2, 0.25) is 0 Å². The fourth-order valence-electron chi connectivity index (χ4n) is 4.57. The Morgan fingerprint density at radius 3 is 1.82 bits per heavy atom. The van der Waals surface area contributed by atoms with E-state index in [9.17, 15) is 33.9 Å². The Hall–Kier alpha value is -4.54. The normalized spacial score (nSPS) is 12.9. The Morgan fingerprint density at radius 2 is 1.24 bits per heavy atom. The van der Waals surface area contributed by atoms with Crippen LogP contribution in [0.15, 0.2) is 30.5 Å². The molecule has 0 aliphatic carbocycles. The van der Waals surface area contributed by atoms with Crippen LogP contribution in [0, 0.1) is 0 Å². The molecule has 13 N–H and O–H groups in total. The quantitative estimate of drug-likeness (QED) is 0.0658. The van der Waals surface area contributed by atoms with Crippen LogP contribution >= 0.6 is 0 Å². The maximum atomic E-state index is 13.2. The summed E-state index contributed by atoms with van der Waals surface area (Å²) in [6, 6.07) is 4.16. The summed E-state index contributed by atoms with van der Waals surface area (Å²) in [5.41, 5.74) is 17.9. The van der Waals surface area contributed by atoms with E-state index in [1.807, 2.05) is 24.3 Å². The first-order chi connectivity index (χ1) is 21.6. The van der Waals surface area contributed by atoms with Gasteiger partial charge in [-0.25, -0.2) is 4.79 Å². The van der Waals surface area contributed by atoms with Crippen molar-refractivity contribution >= 4 is 46.4 Å². The number of carbonyl (C=O) groups is 6. The number of hydrogen-bond acceptors (Lipinski definition) is 9. The molecule has 2 aromatic rings. The molecular weight excluding hydrogens is 586 g/mol. The van der Waals surface area contributed by atoms with Gasteiger partial charge in [-0.05, 0) is 63.2 Å². The molecule has 0 radical (unpaired) electrons. The first-order valence-electron chi connectivity index (χ1n) is 14.9. The zero-order valence-electron chi connectivity index (χ0n) is 25.2. The average molecular weight is 632 g/mol. The number of aliphatic carboxylic acids is 1. The molecule has 1 aromatic carbocycles. The van der Waals surface area contributed by atoms with Crippen molar-refractivity contribution in [2.75, 3.05) is 32.7 Å². The lowest BCUT2D eigenvalue weighted by atomic mass is 10.0. The maximum Gasteiger partial charge on any atom is 0.326 e. The number of amides is 5. The predicted molar refractivity (Wildman–Crippen MR) is 166 cm³/mol. The van der Waals surface area contributed by atoms with Crippen molar-refractivity contribution in [2.45, 2.75) is 63.1 Å². The van der Waals surface area contributed by atoms with E-state index in [0.717, 1.165) is 16.5 Å².